The summed E-state index contributed by atoms with van der Waals surface area (Å²) >= 11 is 3.49. The van der Waals surface area contributed by atoms with E-state index in [1.54, 1.807) is 41.6 Å². The smallest absolute Gasteiger partial charge is 0.136 e. The van der Waals surface area contributed by atoms with Gasteiger partial charge < -0.3 is 15.3 Å². The van der Waals surface area contributed by atoms with Gasteiger partial charge in [-0.2, -0.15) is 5.10 Å². The Bertz CT molecular complexity index is 686. The topological polar surface area (TPSA) is 76.3 Å². The lowest BCUT2D eigenvalue weighted by Gasteiger charge is -2.30. The number of phenols is 3. The number of halogens is 1. The zero-order chi connectivity index (χ0) is 14.3. The van der Waals surface area contributed by atoms with E-state index in [0.29, 0.717) is 11.1 Å². The van der Waals surface area contributed by atoms with E-state index >= 15 is 0 Å². The molecule has 3 rings (SSSR count). The molecule has 5 nitrogen and oxygen atoms in total. The number of benzene rings is 2. The van der Waals surface area contributed by atoms with Gasteiger partial charge in [0.2, 0.25) is 0 Å². The molecule has 2 aromatic carbocycles. The van der Waals surface area contributed by atoms with E-state index in [1.807, 2.05) is 0 Å². The molecule has 0 saturated heterocycles. The molecule has 3 N–H and O–H groups in total. The SMILES string of the molecule is Oc1ccc(N2N=Cc3cc(O)cc(O)c3C2Br)cc1. The van der Waals surface area contributed by atoms with Gasteiger partial charge in [0.05, 0.1) is 11.9 Å². The number of phenolic OH excluding ortho intramolecular Hbond substituents is 3. The number of rotatable bonds is 1. The first-order chi connectivity index (χ1) is 9.56. The van der Waals surface area contributed by atoms with Crippen molar-refractivity contribution < 1.29 is 15.3 Å². The molecule has 0 bridgehead atoms. The van der Waals surface area contributed by atoms with E-state index in [0.717, 1.165) is 5.69 Å². The number of anilines is 1. The molecule has 1 unspecified atom stereocenters. The minimum Gasteiger partial charge on any atom is -0.508 e. The van der Waals surface area contributed by atoms with Crippen molar-refractivity contribution >= 4 is 27.8 Å². The van der Waals surface area contributed by atoms with Crippen LogP contribution in [0.1, 0.15) is 16.1 Å². The lowest BCUT2D eigenvalue weighted by molar-refractivity contribution is 0.444. The van der Waals surface area contributed by atoms with E-state index in [4.69, 9.17) is 0 Å². The predicted octanol–water partition coefficient (Wildman–Crippen LogP) is 3.05. The van der Waals surface area contributed by atoms with Gasteiger partial charge in [0.1, 0.15) is 22.2 Å². The van der Waals surface area contributed by atoms with Gasteiger partial charge in [-0.1, -0.05) is 15.9 Å². The summed E-state index contributed by atoms with van der Waals surface area (Å²) in [5.41, 5.74) is 2.05. The fourth-order valence-corrected chi connectivity index (χ4v) is 2.96. The van der Waals surface area contributed by atoms with Crippen LogP contribution in [0.4, 0.5) is 5.69 Å². The summed E-state index contributed by atoms with van der Waals surface area (Å²) in [5, 5.41) is 34.8. The Labute approximate surface area is 123 Å². The summed E-state index contributed by atoms with van der Waals surface area (Å²) in [6, 6.07) is 9.42. The van der Waals surface area contributed by atoms with Gasteiger partial charge in [-0.15, -0.1) is 0 Å². The highest BCUT2D eigenvalue weighted by atomic mass is 79.9. The van der Waals surface area contributed by atoms with Gasteiger partial charge in [-0.25, -0.2) is 5.01 Å². The summed E-state index contributed by atoms with van der Waals surface area (Å²) in [5.74, 6) is 0.163. The Morgan fingerprint density at radius 2 is 1.70 bits per heavy atom. The van der Waals surface area contributed by atoms with Crippen molar-refractivity contribution in [2.45, 2.75) is 4.95 Å². The van der Waals surface area contributed by atoms with E-state index in [9.17, 15) is 15.3 Å². The van der Waals surface area contributed by atoms with E-state index < -0.39 is 0 Å². The van der Waals surface area contributed by atoms with Crippen LogP contribution in [0.2, 0.25) is 0 Å². The molecule has 0 aliphatic carbocycles. The lowest BCUT2D eigenvalue weighted by atomic mass is 10.0. The molecule has 0 saturated carbocycles. The first-order valence-corrected chi connectivity index (χ1v) is 6.80. The third-order valence-corrected chi connectivity index (χ3v) is 3.91. The van der Waals surface area contributed by atoms with E-state index in [1.165, 1.54) is 6.07 Å². The third kappa shape index (κ3) is 2.08. The largest absolute Gasteiger partial charge is 0.508 e. The Morgan fingerprint density at radius 1 is 1.00 bits per heavy atom. The number of aromatic hydroxyl groups is 3. The molecule has 1 atom stereocenters. The van der Waals surface area contributed by atoms with Crippen molar-refractivity contribution in [2.75, 3.05) is 5.01 Å². The summed E-state index contributed by atoms with van der Waals surface area (Å²) in [6.45, 7) is 0. The van der Waals surface area contributed by atoms with Crippen LogP contribution in [-0.4, -0.2) is 21.5 Å². The minimum atomic E-state index is -0.368. The van der Waals surface area contributed by atoms with Crippen LogP contribution in [0, 0.1) is 0 Å². The second-order valence-corrected chi connectivity index (χ2v) is 5.28. The van der Waals surface area contributed by atoms with Crippen LogP contribution in [0.25, 0.3) is 0 Å². The molecular weight excluding hydrogens is 324 g/mol. The molecule has 0 radical (unpaired) electrons. The van der Waals surface area contributed by atoms with Gasteiger partial charge in [-0.05, 0) is 30.3 Å². The maximum absolute atomic E-state index is 10.00. The molecule has 0 amide bonds. The minimum absolute atomic E-state index is 0.00296. The van der Waals surface area contributed by atoms with Gasteiger partial charge in [0.15, 0.2) is 0 Å². The molecule has 0 fully saturated rings. The van der Waals surface area contributed by atoms with Crippen molar-refractivity contribution in [1.29, 1.82) is 0 Å². The number of nitrogens with zero attached hydrogens (tertiary/aromatic N) is 2. The molecule has 1 heterocycles. The van der Waals surface area contributed by atoms with Crippen molar-refractivity contribution in [3.8, 4) is 17.2 Å². The third-order valence-electron chi connectivity index (χ3n) is 3.06. The molecular formula is C14H11BrN2O3. The van der Waals surface area contributed by atoms with Gasteiger partial charge in [-0.3, -0.25) is 0 Å². The van der Waals surface area contributed by atoms with Gasteiger partial charge in [0, 0.05) is 17.2 Å². The highest BCUT2D eigenvalue weighted by Crippen LogP contribution is 2.42. The van der Waals surface area contributed by atoms with Crippen LogP contribution < -0.4 is 5.01 Å². The van der Waals surface area contributed by atoms with Gasteiger partial charge >= 0.3 is 0 Å². The number of alkyl halides is 1. The van der Waals surface area contributed by atoms with Crippen LogP contribution in [0.15, 0.2) is 41.5 Å². The summed E-state index contributed by atoms with van der Waals surface area (Å²) in [7, 11) is 0. The predicted molar refractivity (Wildman–Crippen MR) is 79.6 cm³/mol. The molecule has 2 aromatic rings. The monoisotopic (exact) mass is 334 g/mol. The molecule has 20 heavy (non-hydrogen) atoms. The maximum Gasteiger partial charge on any atom is 0.136 e. The number of hydrazone groups is 1. The first-order valence-electron chi connectivity index (χ1n) is 5.88. The fourth-order valence-electron chi connectivity index (χ4n) is 2.12. The van der Waals surface area contributed by atoms with Crippen LogP contribution in [0.5, 0.6) is 17.2 Å². The summed E-state index contributed by atoms with van der Waals surface area (Å²) in [6.07, 6.45) is 1.57. The normalized spacial score (nSPS) is 17.1. The van der Waals surface area contributed by atoms with Crippen molar-refractivity contribution in [1.82, 2.24) is 0 Å². The average molecular weight is 335 g/mol. The quantitative estimate of drug-likeness (QED) is 0.553. The zero-order valence-corrected chi connectivity index (χ0v) is 11.8. The molecule has 0 spiro atoms. The average Bonchev–Trinajstić information content (AvgIpc) is 2.39. The zero-order valence-electron chi connectivity index (χ0n) is 10.2. The Morgan fingerprint density at radius 3 is 2.40 bits per heavy atom. The van der Waals surface area contributed by atoms with Crippen molar-refractivity contribution in [3.63, 3.8) is 0 Å². The van der Waals surface area contributed by atoms with E-state index in [2.05, 4.69) is 21.0 Å². The number of hydrogen-bond donors (Lipinski definition) is 3. The Kier molecular flexibility index (Phi) is 3.02. The highest BCUT2D eigenvalue weighted by molar-refractivity contribution is 9.09. The Hall–Kier alpha value is -2.21. The number of hydrogen-bond acceptors (Lipinski definition) is 5. The first kappa shape index (κ1) is 12.8. The fraction of sp³-hybridized carbons (Fsp3) is 0.0714. The second-order valence-electron chi connectivity index (χ2n) is 4.41. The second kappa shape index (κ2) is 4.72. The van der Waals surface area contributed by atoms with E-state index in [-0.39, 0.29) is 22.2 Å². The van der Waals surface area contributed by atoms with Crippen LogP contribution in [0.3, 0.4) is 0 Å². The summed E-state index contributed by atoms with van der Waals surface area (Å²) < 4.78 is 0. The molecule has 1 aliphatic heterocycles. The molecule has 1 aliphatic rings. The maximum atomic E-state index is 10.00. The molecule has 0 aromatic heterocycles. The van der Waals surface area contributed by atoms with Crippen LogP contribution in [-0.2, 0) is 0 Å². The standard InChI is InChI=1S/C14H11BrN2O3/c15-14-13-8(5-11(19)6-12(13)20)7-16-17(14)9-1-3-10(18)4-2-9/h1-7,14,18-20H. The highest BCUT2D eigenvalue weighted by Gasteiger charge is 2.27. The molecule has 6 heteroatoms. The van der Waals surface area contributed by atoms with Crippen molar-refractivity contribution in [2.24, 2.45) is 5.10 Å². The van der Waals surface area contributed by atoms with Crippen LogP contribution >= 0.6 is 15.9 Å². The summed E-state index contributed by atoms with van der Waals surface area (Å²) in [4.78, 5) is -0.368. The molecule has 102 valence electrons. The van der Waals surface area contributed by atoms with Gasteiger partial charge in [0.25, 0.3) is 0 Å². The number of fused-ring (bicyclic) bond motifs is 1. The van der Waals surface area contributed by atoms with Crippen molar-refractivity contribution in [3.05, 3.63) is 47.5 Å². The Balaban J connectivity index is 2.05. The lowest BCUT2D eigenvalue weighted by Crippen LogP contribution is -2.23.